The van der Waals surface area contributed by atoms with Gasteiger partial charge in [-0.3, -0.25) is 0 Å². The molecule has 0 N–H and O–H groups in total. The zero-order chi connectivity index (χ0) is 17.9. The maximum Gasteiger partial charge on any atom is -0.0235 e. The van der Waals surface area contributed by atoms with Crippen LogP contribution in [-0.2, 0) is 0 Å². The first-order valence-corrected chi connectivity index (χ1v) is 11.3. The lowest BCUT2D eigenvalue weighted by Gasteiger charge is -2.46. The SMILES string of the molecule is C=CCCCC1(CCCC=C)C2CC(C)CCC2C2CCC(C)CC21. The zero-order valence-electron chi connectivity index (χ0n) is 17.0. The first kappa shape index (κ1) is 19.2. The summed E-state index contributed by atoms with van der Waals surface area (Å²) in [6.07, 6.45) is 21.5. The van der Waals surface area contributed by atoms with Crippen LogP contribution >= 0.6 is 0 Å². The molecule has 6 unspecified atom stereocenters. The molecule has 0 bridgehead atoms. The fourth-order valence-corrected chi connectivity index (χ4v) is 7.45. The lowest BCUT2D eigenvalue weighted by atomic mass is 9.59. The van der Waals surface area contributed by atoms with Gasteiger partial charge >= 0.3 is 0 Å². The Balaban J connectivity index is 1.90. The fourth-order valence-electron chi connectivity index (χ4n) is 7.45. The van der Waals surface area contributed by atoms with Crippen LogP contribution in [0.25, 0.3) is 0 Å². The third-order valence-corrected chi connectivity index (χ3v) is 8.46. The van der Waals surface area contributed by atoms with Gasteiger partial charge in [0.05, 0.1) is 0 Å². The second-order valence-corrected chi connectivity index (χ2v) is 9.97. The molecule has 0 aromatic rings. The summed E-state index contributed by atoms with van der Waals surface area (Å²) in [6, 6.07) is 0. The average molecular weight is 343 g/mol. The highest BCUT2D eigenvalue weighted by molar-refractivity contribution is 5.09. The Labute approximate surface area is 157 Å². The molecule has 3 aliphatic rings. The minimum Gasteiger partial charge on any atom is -0.103 e. The number of hydrogen-bond acceptors (Lipinski definition) is 0. The van der Waals surface area contributed by atoms with E-state index in [1.807, 2.05) is 0 Å². The van der Waals surface area contributed by atoms with Crippen molar-refractivity contribution in [1.82, 2.24) is 0 Å². The predicted octanol–water partition coefficient (Wildman–Crippen LogP) is 7.80. The lowest BCUT2D eigenvalue weighted by Crippen LogP contribution is -2.37. The van der Waals surface area contributed by atoms with Crippen LogP contribution in [0.1, 0.15) is 90.9 Å². The smallest absolute Gasteiger partial charge is 0.0235 e. The second kappa shape index (κ2) is 8.45. The highest BCUT2D eigenvalue weighted by atomic mass is 14.6. The third kappa shape index (κ3) is 3.79. The Kier molecular flexibility index (Phi) is 6.50. The van der Waals surface area contributed by atoms with Crippen molar-refractivity contribution in [2.45, 2.75) is 90.9 Å². The molecule has 3 rings (SSSR count). The molecule has 0 aromatic heterocycles. The van der Waals surface area contributed by atoms with Gasteiger partial charge in [0.1, 0.15) is 0 Å². The molecule has 25 heavy (non-hydrogen) atoms. The molecule has 3 fully saturated rings. The van der Waals surface area contributed by atoms with Gasteiger partial charge in [-0.05, 0) is 105 Å². The first-order chi connectivity index (χ1) is 12.1. The number of fused-ring (bicyclic) bond motifs is 3. The van der Waals surface area contributed by atoms with E-state index in [0.29, 0.717) is 5.41 Å². The van der Waals surface area contributed by atoms with Gasteiger partial charge in [-0.25, -0.2) is 0 Å². The van der Waals surface area contributed by atoms with Gasteiger partial charge in [-0.15, -0.1) is 13.2 Å². The topological polar surface area (TPSA) is 0 Å². The monoisotopic (exact) mass is 342 g/mol. The van der Waals surface area contributed by atoms with Crippen LogP contribution < -0.4 is 0 Å². The first-order valence-electron chi connectivity index (χ1n) is 11.3. The Morgan fingerprint density at radius 3 is 1.60 bits per heavy atom. The van der Waals surface area contributed by atoms with Crippen molar-refractivity contribution in [2.75, 3.05) is 0 Å². The van der Waals surface area contributed by atoms with Crippen molar-refractivity contribution in [3.05, 3.63) is 25.3 Å². The Bertz CT molecular complexity index is 405. The molecular weight excluding hydrogens is 300 g/mol. The van der Waals surface area contributed by atoms with E-state index in [1.54, 1.807) is 0 Å². The molecule has 3 aliphatic carbocycles. The van der Waals surface area contributed by atoms with E-state index in [0.717, 1.165) is 35.5 Å². The van der Waals surface area contributed by atoms with Gasteiger partial charge in [0.2, 0.25) is 0 Å². The van der Waals surface area contributed by atoms with Gasteiger partial charge in [0.25, 0.3) is 0 Å². The summed E-state index contributed by atoms with van der Waals surface area (Å²) in [4.78, 5) is 0. The molecule has 0 heteroatoms. The maximum atomic E-state index is 4.00. The summed E-state index contributed by atoms with van der Waals surface area (Å²) < 4.78 is 0. The summed E-state index contributed by atoms with van der Waals surface area (Å²) in [6.45, 7) is 13.0. The summed E-state index contributed by atoms with van der Waals surface area (Å²) in [5.74, 6) is 6.06. The van der Waals surface area contributed by atoms with Crippen molar-refractivity contribution in [3.63, 3.8) is 0 Å². The van der Waals surface area contributed by atoms with E-state index in [4.69, 9.17) is 0 Å². The van der Waals surface area contributed by atoms with E-state index in [9.17, 15) is 0 Å². The van der Waals surface area contributed by atoms with Crippen LogP contribution in [0.4, 0.5) is 0 Å². The van der Waals surface area contributed by atoms with Crippen LogP contribution in [0.15, 0.2) is 25.3 Å². The van der Waals surface area contributed by atoms with Crippen LogP contribution in [-0.4, -0.2) is 0 Å². The minimum absolute atomic E-state index is 0.644. The standard InChI is InChI=1S/C25H42/c1-5-7-9-15-25(16-10-8-6-2)23-17-19(3)11-13-21(23)22-14-12-20(4)18-24(22)25/h5-6,19-24H,1-2,7-18H2,3-4H3. The lowest BCUT2D eigenvalue weighted by molar-refractivity contribution is 0.0359. The van der Waals surface area contributed by atoms with E-state index in [2.05, 4.69) is 39.2 Å². The van der Waals surface area contributed by atoms with Crippen molar-refractivity contribution in [2.24, 2.45) is 40.9 Å². The van der Waals surface area contributed by atoms with Gasteiger partial charge < -0.3 is 0 Å². The van der Waals surface area contributed by atoms with Crippen LogP contribution in [0.5, 0.6) is 0 Å². The molecule has 0 aliphatic heterocycles. The average Bonchev–Trinajstić information content (AvgIpc) is 2.85. The molecule has 3 saturated carbocycles. The summed E-state index contributed by atoms with van der Waals surface area (Å²) in [5.41, 5.74) is 0.644. The molecule has 0 saturated heterocycles. The molecule has 0 radical (unpaired) electrons. The molecule has 0 amide bonds. The fraction of sp³-hybridized carbons (Fsp3) is 0.840. The Hall–Kier alpha value is -0.520. The number of hydrogen-bond donors (Lipinski definition) is 0. The third-order valence-electron chi connectivity index (χ3n) is 8.46. The van der Waals surface area contributed by atoms with Gasteiger partial charge in [-0.1, -0.05) is 38.8 Å². The highest BCUT2D eigenvalue weighted by Crippen LogP contribution is 2.67. The summed E-state index contributed by atoms with van der Waals surface area (Å²) >= 11 is 0. The van der Waals surface area contributed by atoms with Gasteiger partial charge in [0.15, 0.2) is 0 Å². The molecule has 0 spiro atoms. The molecule has 0 heterocycles. The summed E-state index contributed by atoms with van der Waals surface area (Å²) in [5, 5.41) is 0. The zero-order valence-corrected chi connectivity index (χ0v) is 17.0. The van der Waals surface area contributed by atoms with Gasteiger partial charge in [0, 0.05) is 0 Å². The van der Waals surface area contributed by atoms with Crippen LogP contribution in [0.3, 0.4) is 0 Å². The quantitative estimate of drug-likeness (QED) is 0.312. The highest BCUT2D eigenvalue weighted by Gasteiger charge is 2.59. The van der Waals surface area contributed by atoms with Crippen molar-refractivity contribution < 1.29 is 0 Å². The Morgan fingerprint density at radius 2 is 1.20 bits per heavy atom. The second-order valence-electron chi connectivity index (χ2n) is 9.97. The van der Waals surface area contributed by atoms with Gasteiger partial charge in [-0.2, -0.15) is 0 Å². The Morgan fingerprint density at radius 1 is 0.760 bits per heavy atom. The van der Waals surface area contributed by atoms with Crippen molar-refractivity contribution >= 4 is 0 Å². The van der Waals surface area contributed by atoms with Crippen LogP contribution in [0, 0.1) is 40.9 Å². The number of rotatable bonds is 8. The molecule has 142 valence electrons. The van der Waals surface area contributed by atoms with Crippen molar-refractivity contribution in [1.29, 1.82) is 0 Å². The molecule has 0 aromatic carbocycles. The van der Waals surface area contributed by atoms with E-state index in [1.165, 1.54) is 77.0 Å². The van der Waals surface area contributed by atoms with E-state index in [-0.39, 0.29) is 0 Å². The largest absolute Gasteiger partial charge is 0.103 e. The van der Waals surface area contributed by atoms with E-state index < -0.39 is 0 Å². The van der Waals surface area contributed by atoms with Crippen molar-refractivity contribution in [3.8, 4) is 0 Å². The molecule has 6 atom stereocenters. The molecule has 0 nitrogen and oxygen atoms in total. The normalized spacial score (nSPS) is 39.4. The maximum absolute atomic E-state index is 4.00. The van der Waals surface area contributed by atoms with E-state index >= 15 is 0 Å². The number of allylic oxidation sites excluding steroid dienone is 2. The number of unbranched alkanes of at least 4 members (excludes halogenated alkanes) is 2. The predicted molar refractivity (Wildman–Crippen MR) is 111 cm³/mol. The minimum atomic E-state index is 0.644. The summed E-state index contributed by atoms with van der Waals surface area (Å²) in [7, 11) is 0. The molecular formula is C25H42. The van der Waals surface area contributed by atoms with Crippen LogP contribution in [0.2, 0.25) is 0 Å².